The standard InChI is InChI=1S/C5H5.3C4H10N.F3Ge.Zr/c1-2-4-5-3-1;3*1-4(2)3-5;1-4(2)3;/h1-3H,4H2;3*4-5H,3H2,1-2H3;;/q;3*-1;;+3. The third kappa shape index (κ3) is 5.31. The Morgan fingerprint density at radius 1 is 0.880 bits per heavy atom. The van der Waals surface area contributed by atoms with Gasteiger partial charge in [-0.25, -0.2) is 0 Å². The fourth-order valence-electron chi connectivity index (χ4n) is 3.05. The number of nitrogens with one attached hydrogen (secondary N) is 3. The van der Waals surface area contributed by atoms with Crippen molar-refractivity contribution < 1.29 is 27.6 Å². The summed E-state index contributed by atoms with van der Waals surface area (Å²) in [6.07, 6.45) is 5.75. The van der Waals surface area contributed by atoms with Crippen LogP contribution < -0.4 is 9.78 Å². The predicted molar refractivity (Wildman–Crippen MR) is 99.4 cm³/mol. The van der Waals surface area contributed by atoms with Crippen LogP contribution in [0.4, 0.5) is 10.5 Å². The Labute approximate surface area is 154 Å². The summed E-state index contributed by atoms with van der Waals surface area (Å²) < 4.78 is 55.3. The summed E-state index contributed by atoms with van der Waals surface area (Å²) in [5.41, 5.74) is 0. The molecule has 25 heavy (non-hydrogen) atoms. The van der Waals surface area contributed by atoms with Crippen LogP contribution >= 0.6 is 0 Å². The van der Waals surface area contributed by atoms with Crippen molar-refractivity contribution in [3.63, 3.8) is 0 Å². The van der Waals surface area contributed by atoms with E-state index in [9.17, 15) is 0 Å². The molecular formula is C17H35F3GeN3Zr. The third-order valence-electron chi connectivity index (χ3n) is 4.57. The van der Waals surface area contributed by atoms with Crippen LogP contribution in [-0.2, 0) is 17.1 Å². The predicted octanol–water partition coefficient (Wildman–Crippen LogP) is 4.35. The molecule has 0 aliphatic heterocycles. The SMILES string of the molecule is CC(C)C[NH][Zr]([NH]CC(C)C)([NH]CC(C)C)([C]1=CC=CC1)[Ge]([F])([F])[F]. The van der Waals surface area contributed by atoms with E-state index in [2.05, 4.69) is 9.78 Å². The number of hydrogen-bond donors (Lipinski definition) is 3. The zero-order chi connectivity index (χ0) is 19.3. The van der Waals surface area contributed by atoms with Gasteiger partial charge in [-0.1, -0.05) is 0 Å². The molecule has 0 radical (unpaired) electrons. The molecule has 0 unspecified atom stereocenters. The van der Waals surface area contributed by atoms with Crippen LogP contribution in [0.2, 0.25) is 0 Å². The molecule has 0 bridgehead atoms. The molecule has 0 heterocycles. The van der Waals surface area contributed by atoms with Crippen LogP contribution in [0.5, 0.6) is 0 Å². The molecule has 0 saturated carbocycles. The monoisotopic (exact) mass is 502 g/mol. The van der Waals surface area contributed by atoms with Crippen molar-refractivity contribution in [3.8, 4) is 0 Å². The normalized spacial score (nSPS) is 17.4. The summed E-state index contributed by atoms with van der Waals surface area (Å²) in [4.78, 5) is 0. The van der Waals surface area contributed by atoms with Crippen LogP contribution in [-0.4, -0.2) is 30.5 Å². The van der Waals surface area contributed by atoms with Crippen molar-refractivity contribution in [2.24, 2.45) is 17.8 Å². The van der Waals surface area contributed by atoms with E-state index < -0.39 is 28.0 Å². The molecule has 3 nitrogen and oxygen atoms in total. The van der Waals surface area contributed by atoms with Gasteiger partial charge in [-0.05, 0) is 0 Å². The van der Waals surface area contributed by atoms with Gasteiger partial charge in [0.25, 0.3) is 0 Å². The molecule has 0 aromatic rings. The van der Waals surface area contributed by atoms with E-state index in [1.54, 1.807) is 12.2 Å². The van der Waals surface area contributed by atoms with Gasteiger partial charge in [-0.15, -0.1) is 0 Å². The van der Waals surface area contributed by atoms with E-state index in [0.717, 1.165) is 0 Å². The summed E-state index contributed by atoms with van der Waals surface area (Å²) in [7, 11) is -6.69. The van der Waals surface area contributed by atoms with Crippen LogP contribution in [0, 0.1) is 17.8 Å². The minimum absolute atomic E-state index is 0.161. The Morgan fingerprint density at radius 2 is 1.28 bits per heavy atom. The Balaban J connectivity index is 3.51. The van der Waals surface area contributed by atoms with E-state index in [1.165, 1.54) is 0 Å². The molecule has 0 aromatic carbocycles. The van der Waals surface area contributed by atoms with E-state index in [4.69, 9.17) is 0 Å². The van der Waals surface area contributed by atoms with Crippen molar-refractivity contribution in [2.45, 2.75) is 48.0 Å². The topological polar surface area (TPSA) is 36.1 Å². The zero-order valence-electron chi connectivity index (χ0n) is 16.4. The van der Waals surface area contributed by atoms with Crippen LogP contribution in [0.25, 0.3) is 0 Å². The average Bonchev–Trinajstić information content (AvgIpc) is 3.00. The second kappa shape index (κ2) is 9.18. The first kappa shape index (κ1) is 23.6. The number of halogens is 3. The molecule has 0 aromatic heterocycles. The second-order valence-corrected chi connectivity index (χ2v) is 40.5. The van der Waals surface area contributed by atoms with E-state index >= 15 is 10.5 Å². The van der Waals surface area contributed by atoms with Crippen LogP contribution in [0.1, 0.15) is 48.0 Å². The molecule has 0 fully saturated rings. The fourth-order valence-corrected chi connectivity index (χ4v) is 34.5. The minimum atomic E-state index is -6.69. The maximum absolute atomic E-state index is 15.1. The molecular weight excluding hydrogens is 467 g/mol. The van der Waals surface area contributed by atoms with Gasteiger partial charge in [-0.3, -0.25) is 0 Å². The molecule has 3 N–H and O–H groups in total. The third-order valence-corrected chi connectivity index (χ3v) is 42.8. The summed E-state index contributed by atoms with van der Waals surface area (Å²) in [5.74, 6) is 0.484. The summed E-state index contributed by atoms with van der Waals surface area (Å²) in [6.45, 7) is 12.9. The van der Waals surface area contributed by atoms with Crippen molar-refractivity contribution in [1.29, 1.82) is 0 Å². The summed E-state index contributed by atoms with van der Waals surface area (Å²) >= 11 is -5.74. The first-order valence-corrected chi connectivity index (χ1v) is 24.0. The van der Waals surface area contributed by atoms with E-state index in [1.807, 2.05) is 47.6 Å². The van der Waals surface area contributed by atoms with Crippen molar-refractivity contribution in [3.05, 3.63) is 21.5 Å². The molecule has 147 valence electrons. The molecule has 1 rings (SSSR count). The van der Waals surface area contributed by atoms with Gasteiger partial charge >= 0.3 is 155 Å². The van der Waals surface area contributed by atoms with Gasteiger partial charge in [0.1, 0.15) is 0 Å². The maximum atomic E-state index is 15.1. The fraction of sp³-hybridized carbons (Fsp3) is 0.765. The quantitative estimate of drug-likeness (QED) is 0.368. The molecule has 1 aliphatic carbocycles. The van der Waals surface area contributed by atoms with E-state index in [-0.39, 0.29) is 17.8 Å². The Kier molecular flexibility index (Phi) is 8.67. The Morgan fingerprint density at radius 3 is 1.52 bits per heavy atom. The van der Waals surface area contributed by atoms with Crippen molar-refractivity contribution >= 4 is 10.9 Å². The van der Waals surface area contributed by atoms with Gasteiger partial charge in [0.2, 0.25) is 0 Å². The molecule has 0 atom stereocenters. The molecule has 8 heteroatoms. The van der Waals surface area contributed by atoms with Crippen molar-refractivity contribution in [2.75, 3.05) is 19.6 Å². The first-order chi connectivity index (χ1) is 11.4. The average molecular weight is 502 g/mol. The van der Waals surface area contributed by atoms with Crippen LogP contribution in [0.15, 0.2) is 21.5 Å². The van der Waals surface area contributed by atoms with Crippen LogP contribution in [0.3, 0.4) is 0 Å². The molecule has 1 aliphatic rings. The molecule has 0 spiro atoms. The van der Waals surface area contributed by atoms with Gasteiger partial charge in [0.15, 0.2) is 0 Å². The van der Waals surface area contributed by atoms with Gasteiger partial charge in [-0.2, -0.15) is 0 Å². The summed E-state index contributed by atoms with van der Waals surface area (Å²) in [5, 5.41) is 0. The Hall–Kier alpha value is 0.576. The van der Waals surface area contributed by atoms with Gasteiger partial charge < -0.3 is 0 Å². The summed E-state index contributed by atoms with van der Waals surface area (Å²) in [6, 6.07) is 0. The van der Waals surface area contributed by atoms with E-state index in [0.29, 0.717) is 29.3 Å². The second-order valence-electron chi connectivity index (χ2n) is 8.40. The zero-order valence-corrected chi connectivity index (χ0v) is 21.0. The van der Waals surface area contributed by atoms with Crippen molar-refractivity contribution in [1.82, 2.24) is 9.78 Å². The number of rotatable bonds is 11. The Bertz CT molecular complexity index is 468. The van der Waals surface area contributed by atoms with Gasteiger partial charge in [0, 0.05) is 0 Å². The van der Waals surface area contributed by atoms with Gasteiger partial charge in [0.05, 0.1) is 0 Å². The molecule has 0 saturated heterocycles. The number of hydrogen-bond acceptors (Lipinski definition) is 3. The number of allylic oxidation sites excluding steroid dienone is 4. The molecule has 0 amide bonds. The first-order valence-electron chi connectivity index (χ1n) is 9.28.